The van der Waals surface area contributed by atoms with Crippen LogP contribution in [0.15, 0.2) is 47.4 Å². The van der Waals surface area contributed by atoms with Gasteiger partial charge >= 0.3 is 6.18 Å². The van der Waals surface area contributed by atoms with Crippen LogP contribution in [0.25, 0.3) is 0 Å². The summed E-state index contributed by atoms with van der Waals surface area (Å²) < 4.78 is 66.4. The monoisotopic (exact) mass is 455 g/mol. The molecule has 0 unspecified atom stereocenters. The number of anilines is 1. The summed E-state index contributed by atoms with van der Waals surface area (Å²) in [6, 6.07) is 9.87. The van der Waals surface area contributed by atoms with E-state index in [4.69, 9.17) is 0 Å². The molecule has 1 N–H and O–H groups in total. The standard InChI is InChI=1S/C21H24F3N3O3S/c1-15-11-16(2)13-17(12-15)25-20(28)14-26-7-9-27(10-8-26)31(29,30)19-6-4-3-5-18(19)21(22,23)24/h3-6,11-13H,7-10,14H2,1-2H3,(H,25,28). The van der Waals surface area contributed by atoms with Gasteiger partial charge in [-0.15, -0.1) is 0 Å². The second-order valence-electron chi connectivity index (χ2n) is 7.60. The zero-order chi connectivity index (χ0) is 22.8. The van der Waals surface area contributed by atoms with Crippen molar-refractivity contribution in [2.45, 2.75) is 24.9 Å². The number of carbonyl (C=O) groups excluding carboxylic acids is 1. The van der Waals surface area contributed by atoms with Gasteiger partial charge in [0.15, 0.2) is 0 Å². The van der Waals surface area contributed by atoms with Gasteiger partial charge in [0, 0.05) is 31.9 Å². The minimum Gasteiger partial charge on any atom is -0.325 e. The fraction of sp³-hybridized carbons (Fsp3) is 0.381. The summed E-state index contributed by atoms with van der Waals surface area (Å²) in [7, 11) is -4.30. The van der Waals surface area contributed by atoms with E-state index in [1.54, 1.807) is 4.90 Å². The molecule has 1 heterocycles. The lowest BCUT2D eigenvalue weighted by Crippen LogP contribution is -2.50. The molecule has 1 aliphatic rings. The van der Waals surface area contributed by atoms with Gasteiger partial charge in [-0.3, -0.25) is 9.69 Å². The molecule has 10 heteroatoms. The fourth-order valence-electron chi connectivity index (χ4n) is 3.64. The molecule has 1 aliphatic heterocycles. The van der Waals surface area contributed by atoms with E-state index in [1.807, 2.05) is 32.0 Å². The van der Waals surface area contributed by atoms with Crippen LogP contribution in [0, 0.1) is 13.8 Å². The first kappa shape index (κ1) is 23.2. The average Bonchev–Trinajstić information content (AvgIpc) is 2.67. The quantitative estimate of drug-likeness (QED) is 0.752. The third-order valence-corrected chi connectivity index (χ3v) is 6.97. The smallest absolute Gasteiger partial charge is 0.325 e. The highest BCUT2D eigenvalue weighted by molar-refractivity contribution is 7.89. The Morgan fingerprint density at radius 2 is 1.58 bits per heavy atom. The van der Waals surface area contributed by atoms with Crippen molar-refractivity contribution in [3.63, 3.8) is 0 Å². The number of aryl methyl sites for hydroxylation is 2. The second-order valence-corrected chi connectivity index (χ2v) is 9.51. The molecular weight excluding hydrogens is 431 g/mol. The number of piperazine rings is 1. The number of hydrogen-bond donors (Lipinski definition) is 1. The van der Waals surface area contributed by atoms with Gasteiger partial charge in [-0.25, -0.2) is 8.42 Å². The molecule has 0 aromatic heterocycles. The van der Waals surface area contributed by atoms with Crippen molar-refractivity contribution in [1.82, 2.24) is 9.21 Å². The zero-order valence-corrected chi connectivity index (χ0v) is 18.1. The molecule has 0 atom stereocenters. The average molecular weight is 456 g/mol. The van der Waals surface area contributed by atoms with E-state index in [0.717, 1.165) is 33.6 Å². The molecule has 31 heavy (non-hydrogen) atoms. The molecule has 0 aliphatic carbocycles. The number of nitrogens with zero attached hydrogens (tertiary/aromatic N) is 2. The van der Waals surface area contributed by atoms with E-state index in [0.29, 0.717) is 5.69 Å². The predicted molar refractivity (Wildman–Crippen MR) is 111 cm³/mol. The van der Waals surface area contributed by atoms with Gasteiger partial charge in [0.05, 0.1) is 17.0 Å². The van der Waals surface area contributed by atoms with Gasteiger partial charge in [-0.2, -0.15) is 17.5 Å². The first-order valence-corrected chi connectivity index (χ1v) is 11.2. The number of carbonyl (C=O) groups is 1. The van der Waals surface area contributed by atoms with Crippen LogP contribution >= 0.6 is 0 Å². The van der Waals surface area contributed by atoms with E-state index < -0.39 is 26.7 Å². The number of sulfonamides is 1. The van der Waals surface area contributed by atoms with Crippen LogP contribution in [0.5, 0.6) is 0 Å². The summed E-state index contributed by atoms with van der Waals surface area (Å²) in [6.45, 7) is 4.43. The van der Waals surface area contributed by atoms with Crippen LogP contribution in [0.4, 0.5) is 18.9 Å². The minimum absolute atomic E-state index is 0.00532. The molecule has 2 aromatic rings. The molecule has 2 aromatic carbocycles. The zero-order valence-electron chi connectivity index (χ0n) is 17.2. The van der Waals surface area contributed by atoms with Gasteiger partial charge in [-0.05, 0) is 49.2 Å². The first-order chi connectivity index (χ1) is 14.5. The summed E-state index contributed by atoms with van der Waals surface area (Å²) >= 11 is 0. The number of benzene rings is 2. The van der Waals surface area contributed by atoms with Gasteiger partial charge in [0.1, 0.15) is 0 Å². The summed E-state index contributed by atoms with van der Waals surface area (Å²) in [5.41, 5.74) is 1.55. The summed E-state index contributed by atoms with van der Waals surface area (Å²) in [4.78, 5) is 13.4. The Hall–Kier alpha value is -2.43. The van der Waals surface area contributed by atoms with Crippen LogP contribution in [0.2, 0.25) is 0 Å². The Morgan fingerprint density at radius 1 is 1.00 bits per heavy atom. The Bertz CT molecular complexity index is 1040. The third-order valence-electron chi connectivity index (χ3n) is 5.01. The number of rotatable bonds is 5. The van der Waals surface area contributed by atoms with E-state index in [2.05, 4.69) is 5.32 Å². The van der Waals surface area contributed by atoms with Crippen molar-refractivity contribution >= 4 is 21.6 Å². The molecule has 1 amide bonds. The maximum atomic E-state index is 13.2. The summed E-state index contributed by atoms with van der Waals surface area (Å²) in [6.07, 6.45) is -4.77. The number of amides is 1. The Kier molecular flexibility index (Phi) is 6.73. The Balaban J connectivity index is 1.62. The normalized spacial score (nSPS) is 16.3. The van der Waals surface area contributed by atoms with Crippen molar-refractivity contribution in [3.05, 3.63) is 59.2 Å². The highest BCUT2D eigenvalue weighted by Gasteiger charge is 2.39. The molecule has 0 bridgehead atoms. The van der Waals surface area contributed by atoms with E-state index in [1.165, 1.54) is 6.07 Å². The first-order valence-electron chi connectivity index (χ1n) is 9.74. The summed E-state index contributed by atoms with van der Waals surface area (Å²) in [5.74, 6) is -0.233. The maximum absolute atomic E-state index is 13.2. The fourth-order valence-corrected chi connectivity index (χ4v) is 5.28. The van der Waals surface area contributed by atoms with Crippen molar-refractivity contribution in [3.8, 4) is 0 Å². The van der Waals surface area contributed by atoms with Crippen molar-refractivity contribution < 1.29 is 26.4 Å². The molecule has 0 radical (unpaired) electrons. The summed E-state index contributed by atoms with van der Waals surface area (Å²) in [5, 5.41) is 2.82. The van der Waals surface area contributed by atoms with Crippen molar-refractivity contribution in [2.75, 3.05) is 38.0 Å². The van der Waals surface area contributed by atoms with Crippen LogP contribution in [0.3, 0.4) is 0 Å². The Labute approximate surface area is 179 Å². The number of hydrogen-bond acceptors (Lipinski definition) is 4. The Morgan fingerprint density at radius 3 is 2.16 bits per heavy atom. The lowest BCUT2D eigenvalue weighted by atomic mass is 10.1. The molecule has 1 saturated heterocycles. The van der Waals surface area contributed by atoms with Crippen LogP contribution in [-0.4, -0.2) is 56.3 Å². The van der Waals surface area contributed by atoms with Crippen molar-refractivity contribution in [2.24, 2.45) is 0 Å². The molecule has 1 fully saturated rings. The van der Waals surface area contributed by atoms with E-state index in [-0.39, 0.29) is 38.6 Å². The highest BCUT2D eigenvalue weighted by Crippen LogP contribution is 2.35. The molecule has 0 saturated carbocycles. The number of nitrogens with one attached hydrogen (secondary N) is 1. The number of halogens is 3. The second kappa shape index (κ2) is 8.97. The maximum Gasteiger partial charge on any atom is 0.417 e. The molecule has 6 nitrogen and oxygen atoms in total. The molecular formula is C21H24F3N3O3S. The van der Waals surface area contributed by atoms with Gasteiger partial charge in [-0.1, -0.05) is 18.2 Å². The van der Waals surface area contributed by atoms with Gasteiger partial charge < -0.3 is 5.32 Å². The minimum atomic E-state index is -4.77. The predicted octanol–water partition coefficient (Wildman–Crippen LogP) is 3.27. The van der Waals surface area contributed by atoms with E-state index >= 15 is 0 Å². The largest absolute Gasteiger partial charge is 0.417 e. The lowest BCUT2D eigenvalue weighted by molar-refractivity contribution is -0.140. The SMILES string of the molecule is Cc1cc(C)cc(NC(=O)CN2CCN(S(=O)(=O)c3ccccc3C(F)(F)F)CC2)c1. The van der Waals surface area contributed by atoms with Crippen LogP contribution < -0.4 is 5.32 Å². The lowest BCUT2D eigenvalue weighted by Gasteiger charge is -2.34. The van der Waals surface area contributed by atoms with Gasteiger partial charge in [0.2, 0.25) is 15.9 Å². The van der Waals surface area contributed by atoms with Crippen LogP contribution in [0.1, 0.15) is 16.7 Å². The van der Waals surface area contributed by atoms with Crippen LogP contribution in [-0.2, 0) is 21.0 Å². The molecule has 3 rings (SSSR count). The topological polar surface area (TPSA) is 69.7 Å². The molecule has 0 spiro atoms. The highest BCUT2D eigenvalue weighted by atomic mass is 32.2. The number of alkyl halides is 3. The van der Waals surface area contributed by atoms with Crippen molar-refractivity contribution in [1.29, 1.82) is 0 Å². The van der Waals surface area contributed by atoms with Gasteiger partial charge in [0.25, 0.3) is 0 Å². The third kappa shape index (κ3) is 5.63. The molecule has 168 valence electrons. The van der Waals surface area contributed by atoms with E-state index in [9.17, 15) is 26.4 Å².